The molecule has 5 rings (SSSR count). The lowest BCUT2D eigenvalue weighted by Crippen LogP contribution is -2.60. The SMILES string of the molecule is O=C(O)CN1NC(Cc2nc3cc(C(F)(F)F)ccc3s2)C(=O)C2=C1C1CCCC21. The normalized spacial score (nSPS) is 26.0. The number of nitrogens with zero attached hydrogens (tertiary/aromatic N) is 2. The summed E-state index contributed by atoms with van der Waals surface area (Å²) in [7, 11) is 0. The standard InChI is InChI=1S/C20H18F3N3O3S/c21-20(22,23)9-4-5-14-12(6-9)24-15(30-14)7-13-19(29)17-10-2-1-3-11(10)18(17)26(25-13)8-16(27)28/h4-6,10-11,13,25H,1-3,7-8H2,(H,27,28). The van der Waals surface area contributed by atoms with Crippen LogP contribution in [0.25, 0.3) is 10.2 Å². The molecular weight excluding hydrogens is 419 g/mol. The van der Waals surface area contributed by atoms with Gasteiger partial charge in [0.2, 0.25) is 0 Å². The molecule has 0 saturated heterocycles. The van der Waals surface area contributed by atoms with E-state index in [2.05, 4.69) is 10.4 Å². The summed E-state index contributed by atoms with van der Waals surface area (Å²) in [6.45, 7) is -0.249. The number of Topliss-reactive ketones (excluding diaryl/α,β-unsaturated/α-hetero) is 1. The van der Waals surface area contributed by atoms with Crippen LogP contribution in [0, 0.1) is 11.8 Å². The number of carbonyl (C=O) groups excluding carboxylic acids is 1. The summed E-state index contributed by atoms with van der Waals surface area (Å²) >= 11 is 1.25. The molecule has 0 bridgehead atoms. The van der Waals surface area contributed by atoms with Gasteiger partial charge >= 0.3 is 12.1 Å². The molecule has 0 radical (unpaired) electrons. The van der Waals surface area contributed by atoms with Gasteiger partial charge in [0.15, 0.2) is 5.78 Å². The Morgan fingerprint density at radius 2 is 2.07 bits per heavy atom. The molecule has 3 aliphatic rings. The maximum atomic E-state index is 13.1. The fourth-order valence-corrected chi connectivity index (χ4v) is 5.90. The number of carbonyl (C=O) groups is 2. The zero-order chi connectivity index (χ0) is 21.2. The smallest absolute Gasteiger partial charge is 0.416 e. The maximum absolute atomic E-state index is 13.1. The molecule has 1 fully saturated rings. The molecule has 0 amide bonds. The van der Waals surface area contributed by atoms with Crippen LogP contribution in [0.15, 0.2) is 29.5 Å². The summed E-state index contributed by atoms with van der Waals surface area (Å²) in [5.74, 6) is -0.619. The monoisotopic (exact) mass is 437 g/mol. The van der Waals surface area contributed by atoms with Crippen molar-refractivity contribution in [3.05, 3.63) is 40.0 Å². The Morgan fingerprint density at radius 3 is 2.80 bits per heavy atom. The van der Waals surface area contributed by atoms with E-state index in [1.54, 1.807) is 5.01 Å². The van der Waals surface area contributed by atoms with E-state index in [4.69, 9.17) is 0 Å². The fraction of sp³-hybridized carbons (Fsp3) is 0.450. The first-order valence-corrected chi connectivity index (χ1v) is 10.5. The van der Waals surface area contributed by atoms with E-state index >= 15 is 0 Å². The molecule has 2 aliphatic carbocycles. The van der Waals surface area contributed by atoms with Gasteiger partial charge in [0.25, 0.3) is 0 Å². The molecule has 3 unspecified atom stereocenters. The number of hydrogen-bond acceptors (Lipinski definition) is 6. The first-order valence-electron chi connectivity index (χ1n) is 9.73. The lowest BCUT2D eigenvalue weighted by atomic mass is 9.69. The molecule has 6 nitrogen and oxygen atoms in total. The average molecular weight is 437 g/mol. The van der Waals surface area contributed by atoms with Crippen molar-refractivity contribution in [3.8, 4) is 0 Å². The third-order valence-electron chi connectivity index (χ3n) is 6.13. The number of thiazole rings is 1. The number of carboxylic acids is 1. The van der Waals surface area contributed by atoms with E-state index in [0.29, 0.717) is 9.71 Å². The van der Waals surface area contributed by atoms with Gasteiger partial charge in [-0.3, -0.25) is 14.6 Å². The van der Waals surface area contributed by atoms with E-state index in [1.807, 2.05) is 0 Å². The van der Waals surface area contributed by atoms with Crippen molar-refractivity contribution in [2.24, 2.45) is 11.8 Å². The van der Waals surface area contributed by atoms with Crippen LogP contribution in [0.3, 0.4) is 0 Å². The number of benzene rings is 1. The minimum Gasteiger partial charge on any atom is -0.480 e. The highest BCUT2D eigenvalue weighted by atomic mass is 32.1. The van der Waals surface area contributed by atoms with Crippen LogP contribution in [-0.4, -0.2) is 39.4 Å². The number of allylic oxidation sites excluding steroid dienone is 1. The predicted octanol–water partition coefficient (Wildman–Crippen LogP) is 3.38. The summed E-state index contributed by atoms with van der Waals surface area (Å²) in [5.41, 5.74) is 4.05. The summed E-state index contributed by atoms with van der Waals surface area (Å²) in [5, 5.41) is 11.4. The Hall–Kier alpha value is -2.46. The molecule has 1 aliphatic heterocycles. The highest BCUT2D eigenvalue weighted by molar-refractivity contribution is 7.18. The molecule has 0 spiro atoms. The van der Waals surface area contributed by atoms with Crippen LogP contribution in [0.1, 0.15) is 29.8 Å². The molecule has 2 N–H and O–H groups in total. The lowest BCUT2D eigenvalue weighted by molar-refractivity contribution is -0.140. The Bertz CT molecular complexity index is 1090. The largest absolute Gasteiger partial charge is 0.480 e. The topological polar surface area (TPSA) is 82.5 Å². The minimum absolute atomic E-state index is 0.0509. The first-order chi connectivity index (χ1) is 14.2. The lowest BCUT2D eigenvalue weighted by Gasteiger charge is -2.48. The average Bonchev–Trinajstić information content (AvgIpc) is 3.22. The highest BCUT2D eigenvalue weighted by Gasteiger charge is 2.52. The number of aliphatic carboxylic acids is 1. The van der Waals surface area contributed by atoms with Gasteiger partial charge in [0.05, 0.1) is 26.8 Å². The highest BCUT2D eigenvalue weighted by Crippen LogP contribution is 2.54. The van der Waals surface area contributed by atoms with Gasteiger partial charge in [-0.25, -0.2) is 10.4 Å². The van der Waals surface area contributed by atoms with Gasteiger partial charge in [-0.05, 0) is 37.0 Å². The Morgan fingerprint density at radius 1 is 1.30 bits per heavy atom. The minimum atomic E-state index is -4.44. The van der Waals surface area contributed by atoms with Gasteiger partial charge in [-0.2, -0.15) is 13.2 Å². The van der Waals surface area contributed by atoms with Crippen molar-refractivity contribution in [2.75, 3.05) is 6.54 Å². The number of halogens is 3. The second kappa shape index (κ2) is 6.78. The molecule has 158 valence electrons. The van der Waals surface area contributed by atoms with Crippen LogP contribution in [0.4, 0.5) is 13.2 Å². The molecule has 3 atom stereocenters. The fourth-order valence-electron chi connectivity index (χ4n) is 4.90. The first kappa shape index (κ1) is 19.5. The number of hydrogen-bond donors (Lipinski definition) is 2. The van der Waals surface area contributed by atoms with Gasteiger partial charge in [0, 0.05) is 23.6 Å². The third-order valence-corrected chi connectivity index (χ3v) is 7.19. The third kappa shape index (κ3) is 3.09. The summed E-state index contributed by atoms with van der Waals surface area (Å²) in [6, 6.07) is 2.75. The zero-order valence-corrected chi connectivity index (χ0v) is 16.5. The number of rotatable bonds is 4. The number of aromatic nitrogens is 1. The van der Waals surface area contributed by atoms with Crippen LogP contribution in [0.5, 0.6) is 0 Å². The van der Waals surface area contributed by atoms with Crippen molar-refractivity contribution < 1.29 is 27.9 Å². The quantitative estimate of drug-likeness (QED) is 0.763. The van der Waals surface area contributed by atoms with E-state index < -0.39 is 23.8 Å². The van der Waals surface area contributed by atoms with Crippen LogP contribution >= 0.6 is 11.3 Å². The molecule has 10 heteroatoms. The number of fused-ring (bicyclic) bond motifs is 4. The van der Waals surface area contributed by atoms with E-state index in [9.17, 15) is 27.9 Å². The van der Waals surface area contributed by atoms with Crippen LogP contribution < -0.4 is 5.43 Å². The van der Waals surface area contributed by atoms with Gasteiger partial charge in [0.1, 0.15) is 6.54 Å². The van der Waals surface area contributed by atoms with Gasteiger partial charge in [-0.1, -0.05) is 6.42 Å². The van der Waals surface area contributed by atoms with Crippen LogP contribution in [-0.2, 0) is 22.2 Å². The van der Waals surface area contributed by atoms with Crippen molar-refractivity contribution in [2.45, 2.75) is 37.9 Å². The number of ketones is 1. The van der Waals surface area contributed by atoms with E-state index in [-0.39, 0.29) is 36.1 Å². The molecule has 1 aromatic heterocycles. The molecule has 30 heavy (non-hydrogen) atoms. The van der Waals surface area contributed by atoms with Gasteiger partial charge < -0.3 is 5.11 Å². The summed E-state index contributed by atoms with van der Waals surface area (Å²) in [6.07, 6.45) is -1.34. The second-order valence-corrected chi connectivity index (χ2v) is 9.08. The van der Waals surface area contributed by atoms with E-state index in [1.165, 1.54) is 17.4 Å². The maximum Gasteiger partial charge on any atom is 0.416 e. The number of carboxylic acid groups (broad SMARTS) is 1. The van der Waals surface area contributed by atoms with Crippen molar-refractivity contribution in [1.29, 1.82) is 0 Å². The van der Waals surface area contributed by atoms with Gasteiger partial charge in [-0.15, -0.1) is 11.3 Å². The number of hydrazine groups is 1. The second-order valence-electron chi connectivity index (χ2n) is 7.96. The molecule has 1 aromatic carbocycles. The summed E-state index contributed by atoms with van der Waals surface area (Å²) in [4.78, 5) is 28.7. The van der Waals surface area contributed by atoms with Crippen molar-refractivity contribution >= 4 is 33.3 Å². The Kier molecular flexibility index (Phi) is 4.41. The molecule has 1 saturated carbocycles. The summed E-state index contributed by atoms with van der Waals surface area (Å²) < 4.78 is 39.5. The number of alkyl halides is 3. The predicted molar refractivity (Wildman–Crippen MR) is 102 cm³/mol. The zero-order valence-electron chi connectivity index (χ0n) is 15.7. The molecule has 2 heterocycles. The van der Waals surface area contributed by atoms with Crippen molar-refractivity contribution in [3.63, 3.8) is 0 Å². The van der Waals surface area contributed by atoms with Crippen LogP contribution in [0.2, 0.25) is 0 Å². The molecular formula is C20H18F3N3O3S. The molecule has 2 aromatic rings. The Balaban J connectivity index is 1.43. The number of nitrogens with one attached hydrogen (secondary N) is 1. The Labute approximate surface area is 173 Å². The van der Waals surface area contributed by atoms with E-state index in [0.717, 1.165) is 42.7 Å². The van der Waals surface area contributed by atoms with Crippen molar-refractivity contribution in [1.82, 2.24) is 15.4 Å².